The van der Waals surface area contributed by atoms with Crippen molar-refractivity contribution in [1.29, 1.82) is 0 Å². The normalized spacial score (nSPS) is 14.0. The van der Waals surface area contributed by atoms with Gasteiger partial charge in [0.2, 0.25) is 10.0 Å². The number of carbonyl (C=O) groups excluding carboxylic acids is 1. The van der Waals surface area contributed by atoms with Gasteiger partial charge in [0.05, 0.1) is 17.7 Å². The minimum absolute atomic E-state index is 0.0138. The van der Waals surface area contributed by atoms with Crippen LogP contribution in [0.1, 0.15) is 15.9 Å². The molecule has 0 bridgehead atoms. The predicted molar refractivity (Wildman–Crippen MR) is 150 cm³/mol. The predicted octanol–water partition coefficient (Wildman–Crippen LogP) is 4.47. The first-order valence-corrected chi connectivity index (χ1v) is 14.3. The number of carbonyl (C=O) groups is 1. The van der Waals surface area contributed by atoms with E-state index in [4.69, 9.17) is 4.74 Å². The number of hydrogen-bond donors (Lipinski definition) is 1. The van der Waals surface area contributed by atoms with E-state index in [0.717, 1.165) is 16.3 Å². The van der Waals surface area contributed by atoms with E-state index in [9.17, 15) is 17.6 Å². The lowest BCUT2D eigenvalue weighted by atomic mass is 10.0. The van der Waals surface area contributed by atoms with Crippen molar-refractivity contribution in [3.05, 3.63) is 102 Å². The van der Waals surface area contributed by atoms with Gasteiger partial charge in [0, 0.05) is 38.3 Å². The number of benzene rings is 4. The van der Waals surface area contributed by atoms with Gasteiger partial charge >= 0.3 is 0 Å². The summed E-state index contributed by atoms with van der Waals surface area (Å²) in [5.41, 5.74) is 2.18. The second-order valence-corrected chi connectivity index (χ2v) is 11.2. The maximum absolute atomic E-state index is 13.4. The molecule has 1 heterocycles. The summed E-state index contributed by atoms with van der Waals surface area (Å²) in [5.74, 6) is 0.220. The molecule has 0 radical (unpaired) electrons. The fourth-order valence-electron chi connectivity index (χ4n) is 4.88. The highest BCUT2D eigenvalue weighted by Gasteiger charge is 2.26. The second-order valence-electron chi connectivity index (χ2n) is 9.41. The van der Waals surface area contributed by atoms with Crippen molar-refractivity contribution in [3.8, 4) is 5.75 Å². The second kappa shape index (κ2) is 11.4. The van der Waals surface area contributed by atoms with E-state index in [0.29, 0.717) is 49.6 Å². The Morgan fingerprint density at radius 3 is 2.38 bits per heavy atom. The highest BCUT2D eigenvalue weighted by atomic mass is 32.2. The highest BCUT2D eigenvalue weighted by Crippen LogP contribution is 2.32. The summed E-state index contributed by atoms with van der Waals surface area (Å²) >= 11 is 0. The molecule has 0 aliphatic carbocycles. The van der Waals surface area contributed by atoms with Gasteiger partial charge < -0.3 is 14.5 Å². The lowest BCUT2D eigenvalue weighted by Crippen LogP contribution is -2.49. The van der Waals surface area contributed by atoms with Crippen LogP contribution in [0.2, 0.25) is 0 Å². The Bertz CT molecular complexity index is 1580. The van der Waals surface area contributed by atoms with Crippen LogP contribution in [0.4, 0.5) is 10.1 Å². The van der Waals surface area contributed by atoms with Crippen molar-refractivity contribution < 1.29 is 22.3 Å². The minimum Gasteiger partial charge on any atom is -0.495 e. The van der Waals surface area contributed by atoms with Crippen LogP contribution in [0.3, 0.4) is 0 Å². The number of ether oxygens (including phenoxy) is 1. The molecule has 0 aromatic heterocycles. The fourth-order valence-corrected chi connectivity index (χ4v) is 5.93. The Kier molecular flexibility index (Phi) is 7.81. The molecule has 1 saturated heterocycles. The van der Waals surface area contributed by atoms with Gasteiger partial charge in [-0.25, -0.2) is 17.5 Å². The molecule has 0 saturated carbocycles. The van der Waals surface area contributed by atoms with Crippen molar-refractivity contribution in [2.75, 3.05) is 44.7 Å². The topological polar surface area (TPSA) is 79.0 Å². The minimum atomic E-state index is -3.78. The van der Waals surface area contributed by atoms with Crippen LogP contribution in [0.15, 0.2) is 89.8 Å². The number of sulfonamides is 1. The maximum Gasteiger partial charge on any atom is 0.254 e. The van der Waals surface area contributed by atoms with Gasteiger partial charge in [-0.15, -0.1) is 0 Å². The first kappa shape index (κ1) is 26.6. The Morgan fingerprint density at radius 2 is 1.64 bits per heavy atom. The third-order valence-electron chi connectivity index (χ3n) is 7.01. The van der Waals surface area contributed by atoms with Crippen molar-refractivity contribution in [2.24, 2.45) is 0 Å². The van der Waals surface area contributed by atoms with Gasteiger partial charge in [0.25, 0.3) is 5.91 Å². The Hall–Kier alpha value is -3.95. The average molecular weight is 548 g/mol. The molecule has 202 valence electrons. The van der Waals surface area contributed by atoms with E-state index < -0.39 is 10.0 Å². The van der Waals surface area contributed by atoms with Gasteiger partial charge in [0.1, 0.15) is 11.6 Å². The van der Waals surface area contributed by atoms with Crippen LogP contribution >= 0.6 is 0 Å². The fraction of sp³-hybridized carbons (Fsp3) is 0.233. The number of halogens is 1. The summed E-state index contributed by atoms with van der Waals surface area (Å²) in [6.45, 7) is 2.25. The zero-order valence-corrected chi connectivity index (χ0v) is 22.5. The number of amides is 1. The van der Waals surface area contributed by atoms with E-state index >= 15 is 0 Å². The summed E-state index contributed by atoms with van der Waals surface area (Å²) in [7, 11) is -2.23. The quantitative estimate of drug-likeness (QED) is 0.352. The van der Waals surface area contributed by atoms with Crippen LogP contribution in [0.5, 0.6) is 5.75 Å². The number of rotatable bonds is 8. The van der Waals surface area contributed by atoms with Crippen LogP contribution in [0, 0.1) is 5.82 Å². The number of piperazine rings is 1. The third kappa shape index (κ3) is 5.89. The monoisotopic (exact) mass is 547 g/mol. The summed E-state index contributed by atoms with van der Waals surface area (Å²) in [5, 5.41) is 1.95. The average Bonchev–Trinajstić information content (AvgIpc) is 2.97. The van der Waals surface area contributed by atoms with Gasteiger partial charge in [0.15, 0.2) is 0 Å². The molecule has 9 heteroatoms. The Morgan fingerprint density at radius 1 is 0.923 bits per heavy atom. The molecule has 1 aliphatic heterocycles. The number of hydrogen-bond acceptors (Lipinski definition) is 5. The number of anilines is 1. The van der Waals surface area contributed by atoms with Crippen LogP contribution < -0.4 is 14.4 Å². The van der Waals surface area contributed by atoms with E-state index in [-0.39, 0.29) is 23.2 Å². The van der Waals surface area contributed by atoms with Crippen LogP contribution in [0.25, 0.3) is 10.8 Å². The summed E-state index contributed by atoms with van der Waals surface area (Å²) < 4.78 is 47.4. The molecule has 1 amide bonds. The summed E-state index contributed by atoms with van der Waals surface area (Å²) in [6, 6.07) is 24.4. The first-order chi connectivity index (χ1) is 18.9. The molecule has 0 atom stereocenters. The van der Waals surface area contributed by atoms with Crippen molar-refractivity contribution >= 4 is 32.4 Å². The van der Waals surface area contributed by atoms with Gasteiger partial charge in [-0.05, 0) is 59.2 Å². The van der Waals surface area contributed by atoms with E-state index in [1.165, 1.54) is 18.2 Å². The van der Waals surface area contributed by atoms with E-state index in [1.807, 2.05) is 52.3 Å². The van der Waals surface area contributed by atoms with E-state index in [2.05, 4.69) is 4.72 Å². The van der Waals surface area contributed by atoms with Crippen LogP contribution in [-0.2, 0) is 16.4 Å². The zero-order valence-electron chi connectivity index (χ0n) is 21.6. The SMILES string of the molecule is COc1ccc(S(=O)(=O)NCCc2ccc(F)cc2)cc1N1CCN(C(=O)c2cccc3ccccc23)CC1. The van der Waals surface area contributed by atoms with Gasteiger partial charge in [-0.2, -0.15) is 0 Å². The van der Waals surface area contributed by atoms with Gasteiger partial charge in [-0.1, -0.05) is 48.5 Å². The smallest absolute Gasteiger partial charge is 0.254 e. The number of nitrogens with one attached hydrogen (secondary N) is 1. The molecule has 1 fully saturated rings. The third-order valence-corrected chi connectivity index (χ3v) is 8.47. The standard InChI is InChI=1S/C30H30FN3O4S/c1-38-29-14-13-25(39(36,37)32-16-15-22-9-11-24(31)12-10-22)21-28(29)33-17-19-34(20-18-33)30(35)27-8-4-6-23-5-2-3-7-26(23)27/h2-14,21,32H,15-20H2,1H3. The highest BCUT2D eigenvalue weighted by molar-refractivity contribution is 7.89. The lowest BCUT2D eigenvalue weighted by molar-refractivity contribution is 0.0748. The first-order valence-electron chi connectivity index (χ1n) is 12.8. The van der Waals surface area contributed by atoms with Crippen molar-refractivity contribution in [3.63, 3.8) is 0 Å². The lowest BCUT2D eigenvalue weighted by Gasteiger charge is -2.37. The summed E-state index contributed by atoms with van der Waals surface area (Å²) in [4.78, 5) is 17.4. The maximum atomic E-state index is 13.4. The zero-order chi connectivity index (χ0) is 27.4. The van der Waals surface area contributed by atoms with Crippen molar-refractivity contribution in [2.45, 2.75) is 11.3 Å². The molecule has 1 aliphatic rings. The molecule has 5 rings (SSSR count). The number of fused-ring (bicyclic) bond motifs is 1. The largest absolute Gasteiger partial charge is 0.495 e. The van der Waals surface area contributed by atoms with E-state index in [1.54, 1.807) is 31.4 Å². The molecular weight excluding hydrogens is 517 g/mol. The molecule has 0 unspecified atom stereocenters. The molecule has 0 spiro atoms. The molecule has 4 aromatic rings. The Balaban J connectivity index is 1.27. The van der Waals surface area contributed by atoms with Gasteiger partial charge in [-0.3, -0.25) is 4.79 Å². The molecule has 1 N–H and O–H groups in total. The molecule has 7 nitrogen and oxygen atoms in total. The van der Waals surface area contributed by atoms with Crippen molar-refractivity contribution in [1.82, 2.24) is 9.62 Å². The Labute approximate surface area is 227 Å². The molecule has 39 heavy (non-hydrogen) atoms. The molecule has 4 aromatic carbocycles. The summed E-state index contributed by atoms with van der Waals surface area (Å²) in [6.07, 6.45) is 0.440. The van der Waals surface area contributed by atoms with Crippen LogP contribution in [-0.4, -0.2) is 59.1 Å². The number of methoxy groups -OCH3 is 1. The number of nitrogens with zero attached hydrogens (tertiary/aromatic N) is 2. The molecular formula is C30H30FN3O4S.